The van der Waals surface area contributed by atoms with Gasteiger partial charge in [0.1, 0.15) is 23.9 Å². The molecule has 0 aliphatic heterocycles. The van der Waals surface area contributed by atoms with Crippen LogP contribution >= 0.6 is 0 Å². The molecule has 5 aromatic rings. The van der Waals surface area contributed by atoms with Crippen molar-refractivity contribution in [3.63, 3.8) is 0 Å². The van der Waals surface area contributed by atoms with Gasteiger partial charge in [0, 0.05) is 69.8 Å². The third-order valence-electron chi connectivity index (χ3n) is 9.29. The summed E-state index contributed by atoms with van der Waals surface area (Å²) in [5, 5.41) is 10.5. The van der Waals surface area contributed by atoms with E-state index in [2.05, 4.69) is 36.8 Å². The monoisotopic (exact) mass is 644 g/mol. The molecule has 9 nitrogen and oxygen atoms in total. The number of rotatable bonds is 11. The first-order valence-corrected chi connectivity index (χ1v) is 20.1. The number of imidazole rings is 1. The van der Waals surface area contributed by atoms with E-state index in [9.17, 15) is 14.9 Å². The normalized spacial score (nSPS) is 14.9. The maximum absolute atomic E-state index is 14.6. The molecule has 0 atom stereocenters. The van der Waals surface area contributed by atoms with E-state index in [-0.39, 0.29) is 18.1 Å². The summed E-state index contributed by atoms with van der Waals surface area (Å²) in [7, 11) is 0.619. The Morgan fingerprint density at radius 1 is 1.06 bits per heavy atom. The van der Waals surface area contributed by atoms with E-state index in [1.165, 1.54) is 0 Å². The van der Waals surface area contributed by atoms with Crippen LogP contribution in [0.3, 0.4) is 0 Å². The molecular weight excluding hydrogens is 605 g/mol. The average Bonchev–Trinajstić information content (AvgIpc) is 3.97. The molecule has 2 saturated carbocycles. The van der Waals surface area contributed by atoms with Crippen molar-refractivity contribution >= 4 is 24.8 Å². The number of aryl methyl sites for hydroxylation is 1. The Morgan fingerprint density at radius 3 is 2.47 bits per heavy atom. The minimum atomic E-state index is -1.32. The van der Waals surface area contributed by atoms with Gasteiger partial charge < -0.3 is 13.9 Å². The fraction of sp³-hybridized carbons (Fsp3) is 0.378. The van der Waals surface area contributed by atoms with E-state index < -0.39 is 8.07 Å². The molecule has 0 saturated heterocycles. The summed E-state index contributed by atoms with van der Waals surface area (Å²) in [6.45, 7) is 9.18. The van der Waals surface area contributed by atoms with E-state index in [0.717, 1.165) is 70.9 Å². The number of fused-ring (bicyclic) bond motifs is 1. The van der Waals surface area contributed by atoms with Crippen molar-refractivity contribution in [2.24, 2.45) is 7.05 Å². The van der Waals surface area contributed by atoms with Gasteiger partial charge in [0.15, 0.2) is 5.78 Å². The van der Waals surface area contributed by atoms with Crippen LogP contribution in [-0.2, 0) is 18.5 Å². The molecule has 0 radical (unpaired) electrons. The summed E-state index contributed by atoms with van der Waals surface area (Å²) in [5.74, 6) is 1.86. The first kappa shape index (κ1) is 31.0. The fourth-order valence-corrected chi connectivity index (χ4v) is 7.07. The SMILES string of the molecule is CC(=O)c1cc2c(C3CC3)cn(-c3cc(-c4ccc(C#N)cc4-c4nccn4C)cc(C4CC4)n3)c(=O)c2n1COCC[Si](C)(C)C. The van der Waals surface area contributed by atoms with Crippen LogP contribution in [0.5, 0.6) is 0 Å². The highest BCUT2D eigenvalue weighted by molar-refractivity contribution is 6.76. The summed E-state index contributed by atoms with van der Waals surface area (Å²) in [5.41, 5.74) is 5.98. The van der Waals surface area contributed by atoms with E-state index in [1.54, 1.807) is 22.3 Å². The van der Waals surface area contributed by atoms with Gasteiger partial charge in [-0.2, -0.15) is 5.26 Å². The number of pyridine rings is 2. The topological polar surface area (TPSA) is 108 Å². The Hall–Kier alpha value is -4.59. The van der Waals surface area contributed by atoms with Crippen LogP contribution < -0.4 is 5.56 Å². The minimum absolute atomic E-state index is 0.0959. The number of hydrogen-bond donors (Lipinski definition) is 0. The number of nitriles is 1. The molecule has 10 heteroatoms. The molecule has 2 aliphatic rings. The van der Waals surface area contributed by atoms with Crippen LogP contribution in [0.15, 0.2) is 59.8 Å². The fourth-order valence-electron chi connectivity index (χ4n) is 6.31. The zero-order chi connectivity index (χ0) is 33.0. The highest BCUT2D eigenvalue weighted by Gasteiger charge is 2.31. The lowest BCUT2D eigenvalue weighted by molar-refractivity contribution is 0.0834. The standard InChI is InChI=1S/C37H40N6O3Si/c1-23(44)33-19-29-31(25-7-8-25)21-42(37(45)35(29)43(33)22-46-14-15-47(3,4)5)34-18-27(17-32(40-34)26-9-10-26)28-11-6-24(20-38)16-30(28)36-39-12-13-41(36)2/h6,11-13,16-19,21,25-26H,7-10,14-15,22H2,1-5H3. The number of aromatic nitrogens is 5. The third kappa shape index (κ3) is 6.13. The highest BCUT2D eigenvalue weighted by atomic mass is 28.3. The predicted molar refractivity (Wildman–Crippen MR) is 186 cm³/mol. The van der Waals surface area contributed by atoms with Gasteiger partial charge in [-0.1, -0.05) is 25.7 Å². The van der Waals surface area contributed by atoms with E-state index >= 15 is 0 Å². The number of Topliss-reactive ketones (excluding diaryl/α,β-unsaturated/α-hetero) is 1. The second-order valence-electron chi connectivity index (χ2n) is 14.3. The Bertz CT molecular complexity index is 2140. The third-order valence-corrected chi connectivity index (χ3v) is 11.0. The number of ketones is 1. The Balaban J connectivity index is 1.42. The maximum Gasteiger partial charge on any atom is 0.280 e. The Labute approximate surface area is 275 Å². The first-order chi connectivity index (χ1) is 22.5. The molecule has 0 amide bonds. The summed E-state index contributed by atoms with van der Waals surface area (Å²) >= 11 is 0. The predicted octanol–water partition coefficient (Wildman–Crippen LogP) is 7.40. The summed E-state index contributed by atoms with van der Waals surface area (Å²) < 4.78 is 11.5. The minimum Gasteiger partial charge on any atom is -0.361 e. The van der Waals surface area contributed by atoms with Gasteiger partial charge in [-0.3, -0.25) is 14.2 Å². The molecule has 4 aromatic heterocycles. The second kappa shape index (κ2) is 11.9. The smallest absolute Gasteiger partial charge is 0.280 e. The van der Waals surface area contributed by atoms with Crippen molar-refractivity contribution in [1.29, 1.82) is 5.26 Å². The van der Waals surface area contributed by atoms with Gasteiger partial charge in [-0.05, 0) is 84.7 Å². The Morgan fingerprint density at radius 2 is 1.83 bits per heavy atom. The number of ether oxygens (including phenoxy) is 1. The van der Waals surface area contributed by atoms with Gasteiger partial charge >= 0.3 is 0 Å². The summed E-state index contributed by atoms with van der Waals surface area (Å²) in [6, 6.07) is 14.9. The molecule has 2 fully saturated rings. The number of carbonyl (C=O) groups excluding carboxylic acids is 1. The van der Waals surface area contributed by atoms with Crippen molar-refractivity contribution < 1.29 is 9.53 Å². The molecule has 0 spiro atoms. The van der Waals surface area contributed by atoms with Crippen LogP contribution in [0.4, 0.5) is 0 Å². The quantitative estimate of drug-likeness (QED) is 0.0843. The van der Waals surface area contributed by atoms with Crippen LogP contribution in [-0.4, -0.2) is 44.1 Å². The molecule has 7 rings (SSSR count). The molecule has 0 bridgehead atoms. The van der Waals surface area contributed by atoms with E-state index in [4.69, 9.17) is 9.72 Å². The van der Waals surface area contributed by atoms with Crippen molar-refractivity contribution in [2.45, 2.75) is 76.9 Å². The number of hydrogen-bond acceptors (Lipinski definition) is 6. The zero-order valence-electron chi connectivity index (χ0n) is 27.7. The molecule has 240 valence electrons. The largest absolute Gasteiger partial charge is 0.361 e. The maximum atomic E-state index is 14.6. The molecular formula is C37H40N6O3Si. The number of carbonyl (C=O) groups is 1. The lowest BCUT2D eigenvalue weighted by Crippen LogP contribution is -2.25. The number of nitrogens with zero attached hydrogens (tertiary/aromatic N) is 6. The van der Waals surface area contributed by atoms with Crippen molar-refractivity contribution in [2.75, 3.05) is 6.61 Å². The zero-order valence-corrected chi connectivity index (χ0v) is 28.7. The van der Waals surface area contributed by atoms with Crippen LogP contribution in [0.2, 0.25) is 25.7 Å². The molecule has 1 aromatic carbocycles. The van der Waals surface area contributed by atoms with Gasteiger partial charge in [0.2, 0.25) is 0 Å². The highest BCUT2D eigenvalue weighted by Crippen LogP contribution is 2.44. The van der Waals surface area contributed by atoms with Gasteiger partial charge in [-0.15, -0.1) is 0 Å². The molecule has 2 aliphatic carbocycles. The van der Waals surface area contributed by atoms with Gasteiger partial charge in [0.05, 0.1) is 17.3 Å². The molecule has 4 heterocycles. The van der Waals surface area contributed by atoms with Crippen molar-refractivity contribution in [1.82, 2.24) is 23.7 Å². The molecule has 47 heavy (non-hydrogen) atoms. The average molecular weight is 645 g/mol. The van der Waals surface area contributed by atoms with Crippen LogP contribution in [0, 0.1) is 11.3 Å². The molecule has 0 N–H and O–H groups in total. The summed E-state index contributed by atoms with van der Waals surface area (Å²) in [6.07, 6.45) is 9.77. The lowest BCUT2D eigenvalue weighted by Gasteiger charge is -2.17. The van der Waals surface area contributed by atoms with Crippen LogP contribution in [0.25, 0.3) is 39.2 Å². The van der Waals surface area contributed by atoms with Gasteiger partial charge in [0.25, 0.3) is 5.56 Å². The number of benzene rings is 1. The first-order valence-electron chi connectivity index (χ1n) is 16.4. The second-order valence-corrected chi connectivity index (χ2v) is 19.9. The Kier molecular flexibility index (Phi) is 7.85. The van der Waals surface area contributed by atoms with E-state index in [1.807, 2.05) is 54.3 Å². The van der Waals surface area contributed by atoms with E-state index in [0.29, 0.717) is 41.0 Å². The van der Waals surface area contributed by atoms with Crippen molar-refractivity contribution in [3.8, 4) is 34.4 Å². The van der Waals surface area contributed by atoms with Crippen molar-refractivity contribution in [3.05, 3.63) is 87.9 Å². The van der Waals surface area contributed by atoms with Crippen LogP contribution in [0.1, 0.15) is 71.8 Å². The van der Waals surface area contributed by atoms with Gasteiger partial charge in [-0.25, -0.2) is 9.97 Å². The lowest BCUT2D eigenvalue weighted by atomic mass is 9.96. The summed E-state index contributed by atoms with van der Waals surface area (Å²) in [4.78, 5) is 37.2. The molecule has 0 unspecified atom stereocenters.